The first-order valence-electron chi connectivity index (χ1n) is 6.93. The summed E-state index contributed by atoms with van der Waals surface area (Å²) in [6, 6.07) is 8.84. The smallest absolute Gasteiger partial charge is 0.0700 e. The monoisotopic (exact) mass is 248 g/mol. The van der Waals surface area contributed by atoms with Crippen molar-refractivity contribution in [3.8, 4) is 0 Å². The molecule has 18 heavy (non-hydrogen) atoms. The van der Waals surface area contributed by atoms with Crippen LogP contribution in [0.1, 0.15) is 24.5 Å². The van der Waals surface area contributed by atoms with Crippen LogP contribution < -0.4 is 5.73 Å². The van der Waals surface area contributed by atoms with Crippen LogP contribution in [0, 0.1) is 0 Å². The van der Waals surface area contributed by atoms with Crippen molar-refractivity contribution in [1.29, 1.82) is 0 Å². The first-order chi connectivity index (χ1) is 8.81. The predicted octanol–water partition coefficient (Wildman–Crippen LogP) is 1.80. The van der Waals surface area contributed by atoms with Crippen molar-refractivity contribution in [3.63, 3.8) is 0 Å². The Balaban J connectivity index is 1.88. The average Bonchev–Trinajstić information content (AvgIpc) is 2.42. The molecule has 3 heteroatoms. The van der Waals surface area contributed by atoms with Crippen LogP contribution in [0.25, 0.3) is 0 Å². The number of hydrogen-bond acceptors (Lipinski definition) is 3. The van der Waals surface area contributed by atoms with Gasteiger partial charge in [-0.05, 0) is 30.5 Å². The Kier molecular flexibility index (Phi) is 5.17. The Morgan fingerprint density at radius 3 is 2.67 bits per heavy atom. The normalized spacial score (nSPS) is 21.1. The maximum Gasteiger partial charge on any atom is 0.0700 e. The van der Waals surface area contributed by atoms with Gasteiger partial charge in [0, 0.05) is 19.6 Å². The first kappa shape index (κ1) is 13.5. The molecule has 1 atom stereocenters. The molecule has 1 aromatic carbocycles. The molecule has 1 saturated heterocycles. The minimum atomic E-state index is 0.412. The second-order valence-corrected chi connectivity index (χ2v) is 4.99. The summed E-state index contributed by atoms with van der Waals surface area (Å²) in [4.78, 5) is 2.48. The summed E-state index contributed by atoms with van der Waals surface area (Å²) in [5.74, 6) is 0. The summed E-state index contributed by atoms with van der Waals surface area (Å²) < 4.78 is 5.69. The molecule has 0 saturated carbocycles. The number of morpholine rings is 1. The van der Waals surface area contributed by atoms with E-state index in [4.69, 9.17) is 10.5 Å². The van der Waals surface area contributed by atoms with Crippen LogP contribution in [0.4, 0.5) is 0 Å². The van der Waals surface area contributed by atoms with E-state index in [0.717, 1.165) is 45.6 Å². The molecule has 0 amide bonds. The van der Waals surface area contributed by atoms with E-state index >= 15 is 0 Å². The minimum absolute atomic E-state index is 0.412. The largest absolute Gasteiger partial charge is 0.376 e. The predicted molar refractivity (Wildman–Crippen MR) is 74.5 cm³/mol. The summed E-state index contributed by atoms with van der Waals surface area (Å²) in [6.07, 6.45) is 2.48. The highest BCUT2D eigenvalue weighted by atomic mass is 16.5. The highest BCUT2D eigenvalue weighted by molar-refractivity contribution is 5.22. The van der Waals surface area contributed by atoms with Crippen LogP contribution in [-0.4, -0.2) is 37.2 Å². The molecule has 0 spiro atoms. The van der Waals surface area contributed by atoms with Crippen LogP contribution in [-0.2, 0) is 17.7 Å². The maximum atomic E-state index is 5.69. The lowest BCUT2D eigenvalue weighted by atomic mass is 10.1. The molecule has 1 unspecified atom stereocenters. The van der Waals surface area contributed by atoms with Gasteiger partial charge in [-0.3, -0.25) is 4.90 Å². The van der Waals surface area contributed by atoms with Gasteiger partial charge in [-0.25, -0.2) is 0 Å². The van der Waals surface area contributed by atoms with Crippen molar-refractivity contribution >= 4 is 0 Å². The van der Waals surface area contributed by atoms with E-state index in [2.05, 4.69) is 36.1 Å². The summed E-state index contributed by atoms with van der Waals surface area (Å²) in [7, 11) is 0. The lowest BCUT2D eigenvalue weighted by Gasteiger charge is -2.32. The number of ether oxygens (including phenoxy) is 1. The lowest BCUT2D eigenvalue weighted by molar-refractivity contribution is -0.0324. The zero-order chi connectivity index (χ0) is 12.8. The molecule has 0 bridgehead atoms. The molecular weight excluding hydrogens is 224 g/mol. The number of hydrogen-bond donors (Lipinski definition) is 1. The zero-order valence-corrected chi connectivity index (χ0v) is 11.3. The second kappa shape index (κ2) is 6.88. The topological polar surface area (TPSA) is 38.5 Å². The first-order valence-corrected chi connectivity index (χ1v) is 6.93. The van der Waals surface area contributed by atoms with Crippen LogP contribution in [0.2, 0.25) is 0 Å². The van der Waals surface area contributed by atoms with Gasteiger partial charge in [-0.15, -0.1) is 0 Å². The molecule has 1 aliphatic rings. The fourth-order valence-corrected chi connectivity index (χ4v) is 2.41. The number of nitrogens with two attached hydrogens (primary N) is 1. The molecular formula is C15H24N2O. The van der Waals surface area contributed by atoms with E-state index in [9.17, 15) is 0 Å². The summed E-state index contributed by atoms with van der Waals surface area (Å²) in [5, 5.41) is 0. The third-order valence-corrected chi connectivity index (χ3v) is 3.54. The summed E-state index contributed by atoms with van der Waals surface area (Å²) in [5.41, 5.74) is 8.27. The van der Waals surface area contributed by atoms with E-state index in [0.29, 0.717) is 6.10 Å². The van der Waals surface area contributed by atoms with E-state index in [1.165, 1.54) is 11.1 Å². The Bertz CT molecular complexity index is 350. The zero-order valence-electron chi connectivity index (χ0n) is 11.3. The van der Waals surface area contributed by atoms with Crippen LogP contribution in [0.5, 0.6) is 0 Å². The molecule has 2 N–H and O–H groups in total. The van der Waals surface area contributed by atoms with Gasteiger partial charge >= 0.3 is 0 Å². The molecule has 1 aliphatic heterocycles. The SMILES string of the molecule is CCC1CN(Cc2ccc(CCN)cc2)CCO1. The Morgan fingerprint density at radius 2 is 2.00 bits per heavy atom. The Morgan fingerprint density at radius 1 is 1.28 bits per heavy atom. The van der Waals surface area contributed by atoms with E-state index in [-0.39, 0.29) is 0 Å². The van der Waals surface area contributed by atoms with Crippen molar-refractivity contribution in [3.05, 3.63) is 35.4 Å². The molecule has 0 radical (unpaired) electrons. The van der Waals surface area contributed by atoms with E-state index < -0.39 is 0 Å². The minimum Gasteiger partial charge on any atom is -0.376 e. The lowest BCUT2D eigenvalue weighted by Crippen LogP contribution is -2.41. The van der Waals surface area contributed by atoms with Crippen LogP contribution >= 0.6 is 0 Å². The van der Waals surface area contributed by atoms with Gasteiger partial charge in [-0.1, -0.05) is 31.2 Å². The molecule has 0 aromatic heterocycles. The molecule has 1 fully saturated rings. The Labute approximate surface area is 110 Å². The van der Waals surface area contributed by atoms with Gasteiger partial charge in [0.15, 0.2) is 0 Å². The fraction of sp³-hybridized carbons (Fsp3) is 0.600. The highest BCUT2D eigenvalue weighted by Crippen LogP contribution is 2.13. The molecule has 1 heterocycles. The average molecular weight is 248 g/mol. The van der Waals surface area contributed by atoms with Gasteiger partial charge in [0.05, 0.1) is 12.7 Å². The van der Waals surface area contributed by atoms with Gasteiger partial charge in [-0.2, -0.15) is 0 Å². The van der Waals surface area contributed by atoms with Crippen molar-refractivity contribution in [2.24, 2.45) is 5.73 Å². The van der Waals surface area contributed by atoms with Crippen molar-refractivity contribution in [2.75, 3.05) is 26.2 Å². The van der Waals surface area contributed by atoms with Gasteiger partial charge in [0.1, 0.15) is 0 Å². The van der Waals surface area contributed by atoms with Crippen LogP contribution in [0.15, 0.2) is 24.3 Å². The van der Waals surface area contributed by atoms with Crippen LogP contribution in [0.3, 0.4) is 0 Å². The number of nitrogens with zero attached hydrogens (tertiary/aromatic N) is 1. The number of benzene rings is 1. The van der Waals surface area contributed by atoms with Crippen molar-refractivity contribution < 1.29 is 4.74 Å². The highest BCUT2D eigenvalue weighted by Gasteiger charge is 2.18. The molecule has 3 nitrogen and oxygen atoms in total. The van der Waals surface area contributed by atoms with Gasteiger partial charge in [0.25, 0.3) is 0 Å². The van der Waals surface area contributed by atoms with Gasteiger partial charge in [0.2, 0.25) is 0 Å². The standard InChI is InChI=1S/C15H24N2O/c1-2-15-12-17(9-10-18-15)11-14-5-3-13(4-6-14)7-8-16/h3-6,15H,2,7-12,16H2,1H3. The molecule has 100 valence electrons. The van der Waals surface area contributed by atoms with Crippen molar-refractivity contribution in [2.45, 2.75) is 32.4 Å². The second-order valence-electron chi connectivity index (χ2n) is 4.99. The Hall–Kier alpha value is -0.900. The quantitative estimate of drug-likeness (QED) is 0.863. The molecule has 2 rings (SSSR count). The van der Waals surface area contributed by atoms with Crippen molar-refractivity contribution in [1.82, 2.24) is 4.90 Å². The third kappa shape index (κ3) is 3.80. The summed E-state index contributed by atoms with van der Waals surface area (Å²) in [6.45, 7) is 6.91. The molecule has 0 aliphatic carbocycles. The van der Waals surface area contributed by atoms with E-state index in [1.807, 2.05) is 0 Å². The molecule has 1 aromatic rings. The fourth-order valence-electron chi connectivity index (χ4n) is 2.41. The maximum absolute atomic E-state index is 5.69. The third-order valence-electron chi connectivity index (χ3n) is 3.54. The van der Waals surface area contributed by atoms with E-state index in [1.54, 1.807) is 0 Å². The summed E-state index contributed by atoms with van der Waals surface area (Å²) >= 11 is 0. The van der Waals surface area contributed by atoms with Gasteiger partial charge < -0.3 is 10.5 Å². The number of rotatable bonds is 5.